The SMILES string of the molecule is Cc1cccc(Cn2nccc2NC(=O)[C@@H]2CCCN(S(=O)(=O)c3ccc(F)cc3)C2)c1. The molecule has 3 aromatic rings. The van der Waals surface area contributed by atoms with Gasteiger partial charge in [-0.1, -0.05) is 29.8 Å². The van der Waals surface area contributed by atoms with E-state index in [1.807, 2.05) is 25.1 Å². The average Bonchev–Trinajstić information content (AvgIpc) is 3.20. The molecule has 1 aromatic heterocycles. The Bertz CT molecular complexity index is 1210. The molecule has 0 radical (unpaired) electrons. The number of hydrogen-bond acceptors (Lipinski definition) is 4. The number of carbonyl (C=O) groups is 1. The maximum absolute atomic E-state index is 13.2. The lowest BCUT2D eigenvalue weighted by Crippen LogP contribution is -2.43. The van der Waals surface area contributed by atoms with Gasteiger partial charge in [-0.05, 0) is 49.6 Å². The van der Waals surface area contributed by atoms with Crippen molar-refractivity contribution in [3.05, 3.63) is 77.7 Å². The molecule has 0 unspecified atom stereocenters. The predicted molar refractivity (Wildman–Crippen MR) is 119 cm³/mol. The van der Waals surface area contributed by atoms with Crippen molar-refractivity contribution < 1.29 is 17.6 Å². The van der Waals surface area contributed by atoms with Crippen molar-refractivity contribution in [2.45, 2.75) is 31.2 Å². The van der Waals surface area contributed by atoms with Crippen molar-refractivity contribution in [2.24, 2.45) is 5.92 Å². The zero-order chi connectivity index (χ0) is 22.7. The maximum atomic E-state index is 13.2. The highest BCUT2D eigenvalue weighted by molar-refractivity contribution is 7.89. The Kier molecular flexibility index (Phi) is 6.38. The van der Waals surface area contributed by atoms with E-state index >= 15 is 0 Å². The minimum atomic E-state index is -3.79. The quantitative estimate of drug-likeness (QED) is 0.616. The average molecular weight is 457 g/mol. The number of carbonyl (C=O) groups excluding carboxylic acids is 1. The smallest absolute Gasteiger partial charge is 0.243 e. The highest BCUT2D eigenvalue weighted by Crippen LogP contribution is 2.25. The Hall–Kier alpha value is -3.04. The van der Waals surface area contributed by atoms with Gasteiger partial charge >= 0.3 is 0 Å². The summed E-state index contributed by atoms with van der Waals surface area (Å²) in [6.07, 6.45) is 2.78. The molecule has 0 aliphatic carbocycles. The predicted octanol–water partition coefficient (Wildman–Crippen LogP) is 3.42. The Morgan fingerprint density at radius 2 is 1.97 bits per heavy atom. The van der Waals surface area contributed by atoms with Crippen molar-refractivity contribution >= 4 is 21.7 Å². The summed E-state index contributed by atoms with van der Waals surface area (Å²) in [7, 11) is -3.79. The molecule has 2 aromatic carbocycles. The second kappa shape index (κ2) is 9.22. The lowest BCUT2D eigenvalue weighted by atomic mass is 9.99. The van der Waals surface area contributed by atoms with E-state index in [-0.39, 0.29) is 17.3 Å². The van der Waals surface area contributed by atoms with Crippen molar-refractivity contribution in [3.8, 4) is 0 Å². The summed E-state index contributed by atoms with van der Waals surface area (Å²) in [6.45, 7) is 2.94. The van der Waals surface area contributed by atoms with Gasteiger partial charge in [0, 0.05) is 19.2 Å². The summed E-state index contributed by atoms with van der Waals surface area (Å²) >= 11 is 0. The molecule has 0 bridgehead atoms. The first kappa shape index (κ1) is 22.2. The van der Waals surface area contributed by atoms with E-state index in [1.54, 1.807) is 16.9 Å². The summed E-state index contributed by atoms with van der Waals surface area (Å²) in [4.78, 5) is 13.0. The number of piperidine rings is 1. The zero-order valence-corrected chi connectivity index (χ0v) is 18.6. The molecule has 7 nitrogen and oxygen atoms in total. The topological polar surface area (TPSA) is 84.3 Å². The van der Waals surface area contributed by atoms with Gasteiger partial charge in [-0.25, -0.2) is 17.5 Å². The number of amides is 1. The van der Waals surface area contributed by atoms with Crippen molar-refractivity contribution in [1.29, 1.82) is 0 Å². The van der Waals surface area contributed by atoms with Crippen LogP contribution in [0.3, 0.4) is 0 Å². The van der Waals surface area contributed by atoms with Crippen LogP contribution in [0.1, 0.15) is 24.0 Å². The van der Waals surface area contributed by atoms with Crippen LogP contribution in [0.4, 0.5) is 10.2 Å². The van der Waals surface area contributed by atoms with E-state index in [0.29, 0.717) is 31.7 Å². The molecule has 1 N–H and O–H groups in total. The number of hydrogen-bond donors (Lipinski definition) is 1. The lowest BCUT2D eigenvalue weighted by molar-refractivity contribution is -0.120. The minimum Gasteiger partial charge on any atom is -0.311 e. The number of nitrogens with zero attached hydrogens (tertiary/aromatic N) is 3. The minimum absolute atomic E-state index is 0.0242. The standard InChI is InChI=1S/C23H25FN4O3S/c1-17-4-2-5-18(14-17)15-28-22(11-12-25-28)26-23(29)19-6-3-13-27(16-19)32(30,31)21-9-7-20(24)8-10-21/h2,4-5,7-12,14,19H,3,6,13,15-16H2,1H3,(H,26,29)/t19-/m1/s1. The van der Waals surface area contributed by atoms with Crippen LogP contribution in [0.15, 0.2) is 65.7 Å². The Balaban J connectivity index is 1.44. The van der Waals surface area contributed by atoms with Crippen LogP contribution in [0.5, 0.6) is 0 Å². The van der Waals surface area contributed by atoms with E-state index in [1.165, 1.54) is 16.4 Å². The summed E-state index contributed by atoms with van der Waals surface area (Å²) in [5.74, 6) is -0.659. The lowest BCUT2D eigenvalue weighted by Gasteiger charge is -2.31. The third-order valence-electron chi connectivity index (χ3n) is 5.59. The van der Waals surface area contributed by atoms with Gasteiger partial charge in [0.05, 0.1) is 23.6 Å². The third-order valence-corrected chi connectivity index (χ3v) is 7.47. The van der Waals surface area contributed by atoms with Gasteiger partial charge in [0.2, 0.25) is 15.9 Å². The number of anilines is 1. The summed E-state index contributed by atoms with van der Waals surface area (Å²) in [5, 5.41) is 7.21. The molecule has 1 fully saturated rings. The van der Waals surface area contributed by atoms with Gasteiger partial charge in [0.15, 0.2) is 0 Å². The fraction of sp³-hybridized carbons (Fsp3) is 0.304. The van der Waals surface area contributed by atoms with Crippen molar-refractivity contribution in [1.82, 2.24) is 14.1 Å². The van der Waals surface area contributed by atoms with Gasteiger partial charge in [-0.15, -0.1) is 0 Å². The summed E-state index contributed by atoms with van der Waals surface area (Å²) in [5.41, 5.74) is 2.21. The number of aromatic nitrogens is 2. The Morgan fingerprint density at radius 3 is 2.72 bits per heavy atom. The second-order valence-electron chi connectivity index (χ2n) is 8.01. The van der Waals surface area contributed by atoms with Gasteiger partial charge in [-0.2, -0.15) is 9.40 Å². The molecule has 9 heteroatoms. The molecule has 1 aliphatic heterocycles. The van der Waals surface area contributed by atoms with E-state index in [2.05, 4.69) is 16.5 Å². The van der Waals surface area contributed by atoms with Crippen LogP contribution < -0.4 is 5.32 Å². The summed E-state index contributed by atoms with van der Waals surface area (Å²) in [6, 6.07) is 14.5. The van der Waals surface area contributed by atoms with Gasteiger partial charge in [0.1, 0.15) is 11.6 Å². The second-order valence-corrected chi connectivity index (χ2v) is 9.95. The van der Waals surface area contributed by atoms with E-state index in [9.17, 15) is 17.6 Å². The number of sulfonamides is 1. The number of nitrogens with one attached hydrogen (secondary N) is 1. The van der Waals surface area contributed by atoms with Crippen LogP contribution in [0.2, 0.25) is 0 Å². The number of aryl methyl sites for hydroxylation is 1. The third kappa shape index (κ3) is 4.89. The van der Waals surface area contributed by atoms with Gasteiger partial charge in [-0.3, -0.25) is 4.79 Å². The molecule has 0 spiro atoms. The van der Waals surface area contributed by atoms with Gasteiger partial charge in [0.25, 0.3) is 0 Å². The van der Waals surface area contributed by atoms with Crippen LogP contribution in [-0.2, 0) is 21.4 Å². The number of halogens is 1. The monoisotopic (exact) mass is 456 g/mol. The Labute approximate surface area is 186 Å². The van der Waals surface area contributed by atoms with Crippen LogP contribution >= 0.6 is 0 Å². The molecule has 1 saturated heterocycles. The highest BCUT2D eigenvalue weighted by Gasteiger charge is 2.33. The summed E-state index contributed by atoms with van der Waals surface area (Å²) < 4.78 is 42.1. The molecular formula is C23H25FN4O3S. The fourth-order valence-corrected chi connectivity index (χ4v) is 5.43. The van der Waals surface area contributed by atoms with E-state index < -0.39 is 21.8 Å². The first-order chi connectivity index (χ1) is 15.3. The zero-order valence-electron chi connectivity index (χ0n) is 17.7. The number of rotatable bonds is 6. The molecule has 32 heavy (non-hydrogen) atoms. The fourth-order valence-electron chi connectivity index (χ4n) is 3.91. The molecule has 2 heterocycles. The molecule has 1 atom stereocenters. The molecule has 168 valence electrons. The molecule has 1 aliphatic rings. The van der Waals surface area contributed by atoms with Crippen molar-refractivity contribution in [3.63, 3.8) is 0 Å². The number of benzene rings is 2. The molecule has 1 amide bonds. The van der Waals surface area contributed by atoms with Crippen LogP contribution in [-0.4, -0.2) is 41.5 Å². The molecule has 0 saturated carbocycles. The van der Waals surface area contributed by atoms with E-state index in [0.717, 1.165) is 23.3 Å². The first-order valence-corrected chi connectivity index (χ1v) is 11.9. The normalized spacial score (nSPS) is 17.2. The van der Waals surface area contributed by atoms with Gasteiger partial charge < -0.3 is 5.32 Å². The van der Waals surface area contributed by atoms with Crippen LogP contribution in [0, 0.1) is 18.7 Å². The largest absolute Gasteiger partial charge is 0.311 e. The molecule has 4 rings (SSSR count). The Morgan fingerprint density at radius 1 is 1.19 bits per heavy atom. The van der Waals surface area contributed by atoms with Crippen LogP contribution in [0.25, 0.3) is 0 Å². The van der Waals surface area contributed by atoms with Crippen molar-refractivity contribution in [2.75, 3.05) is 18.4 Å². The molecular weight excluding hydrogens is 431 g/mol. The highest BCUT2D eigenvalue weighted by atomic mass is 32.2. The maximum Gasteiger partial charge on any atom is 0.243 e. The van der Waals surface area contributed by atoms with E-state index in [4.69, 9.17) is 0 Å². The first-order valence-electron chi connectivity index (χ1n) is 10.5.